The fourth-order valence-corrected chi connectivity index (χ4v) is 12.3. The van der Waals surface area contributed by atoms with E-state index in [1.807, 2.05) is 12.1 Å². The Morgan fingerprint density at radius 3 is 1.08 bits per heavy atom. The van der Waals surface area contributed by atoms with Crippen LogP contribution in [0.5, 0.6) is 0 Å². The summed E-state index contributed by atoms with van der Waals surface area (Å²) in [5.41, 5.74) is 22.0. The topological polar surface area (TPSA) is 32.8 Å². The molecule has 14 rings (SSSR count). The number of fused-ring (bicyclic) bond motifs is 6. The number of aryl methyl sites for hydroxylation is 6. The first-order valence-corrected chi connectivity index (χ1v) is 25.7. The molecule has 0 fully saturated rings. The number of anilines is 6. The SMILES string of the molecule is Cc1cccc(C)c1N(c1cccc(-c2cccc3c2oc2ccccc23)c1)c1cc(C)c2ccc3c(N(c4cccc(-c5cccc6c5oc5ccccc56)c4)c4c(C)cccc4C)cc(C)c4ccc1c2c43. The van der Waals surface area contributed by atoms with Crippen molar-refractivity contribution in [1.82, 2.24) is 0 Å². The lowest BCUT2D eigenvalue weighted by molar-refractivity contribution is 0.669. The third kappa shape index (κ3) is 6.61. The van der Waals surface area contributed by atoms with Crippen molar-refractivity contribution in [3.8, 4) is 22.3 Å². The van der Waals surface area contributed by atoms with Gasteiger partial charge in [-0.25, -0.2) is 0 Å². The molecule has 4 heteroatoms. The molecule has 0 N–H and O–H groups in total. The van der Waals surface area contributed by atoms with Crippen molar-refractivity contribution < 1.29 is 8.83 Å². The zero-order valence-corrected chi connectivity index (χ0v) is 42.3. The average molecular weight is 953 g/mol. The highest BCUT2D eigenvalue weighted by molar-refractivity contribution is 6.29. The van der Waals surface area contributed by atoms with Gasteiger partial charge in [-0.2, -0.15) is 0 Å². The Bertz CT molecular complexity index is 4260. The largest absolute Gasteiger partial charge is 0.455 e. The molecule has 2 heterocycles. The number of nitrogens with zero attached hydrogens (tertiary/aromatic N) is 2. The molecule has 12 aromatic carbocycles. The molecular weight excluding hydrogens is 901 g/mol. The Kier molecular flexibility index (Phi) is 9.87. The fraction of sp³-hybridized carbons (Fsp3) is 0.0857. The molecule has 0 spiro atoms. The van der Waals surface area contributed by atoms with Crippen LogP contribution in [0.2, 0.25) is 0 Å². The van der Waals surface area contributed by atoms with E-state index in [1.165, 1.54) is 77.1 Å². The van der Waals surface area contributed by atoms with E-state index >= 15 is 0 Å². The van der Waals surface area contributed by atoms with Crippen LogP contribution in [-0.2, 0) is 0 Å². The molecule has 0 amide bonds. The smallest absolute Gasteiger partial charge is 0.143 e. The van der Waals surface area contributed by atoms with Crippen LogP contribution in [0.1, 0.15) is 33.4 Å². The second kappa shape index (κ2) is 16.7. The van der Waals surface area contributed by atoms with E-state index in [1.54, 1.807) is 0 Å². The number of rotatable bonds is 8. The number of benzene rings is 12. The first-order chi connectivity index (χ1) is 36.2. The van der Waals surface area contributed by atoms with Crippen molar-refractivity contribution in [2.45, 2.75) is 41.5 Å². The van der Waals surface area contributed by atoms with Crippen LogP contribution in [0.25, 0.3) is 98.4 Å². The van der Waals surface area contributed by atoms with E-state index in [9.17, 15) is 0 Å². The standard InChI is InChI=1S/C70H52N2O2/c1-41-17-11-18-42(2)67(41)71(49-23-13-21-47(39-49)53-27-15-29-57-55-25-7-9-31-63(55)73-69(53)57)61-37-45(5)51-34-36-60-62(38-46(6)52-33-35-59(61)65(51)66(52)60)72(68-43(3)19-12-20-44(68)4)50-24-14-22-48(40-50)54-28-16-30-58-56-26-8-10-32-64(56)74-70(54)58/h7-40H,1-6H3. The van der Waals surface area contributed by atoms with Crippen LogP contribution in [0, 0.1) is 41.5 Å². The number of hydrogen-bond acceptors (Lipinski definition) is 4. The van der Waals surface area contributed by atoms with Crippen LogP contribution < -0.4 is 9.80 Å². The molecule has 4 nitrogen and oxygen atoms in total. The highest BCUT2D eigenvalue weighted by Crippen LogP contribution is 2.52. The minimum atomic E-state index is 0.897. The van der Waals surface area contributed by atoms with Gasteiger partial charge < -0.3 is 18.6 Å². The summed E-state index contributed by atoms with van der Waals surface area (Å²) < 4.78 is 13.2. The summed E-state index contributed by atoms with van der Waals surface area (Å²) in [7, 11) is 0. The first-order valence-electron chi connectivity index (χ1n) is 25.7. The van der Waals surface area contributed by atoms with Crippen molar-refractivity contribution in [2.75, 3.05) is 9.80 Å². The number of furan rings is 2. The summed E-state index contributed by atoms with van der Waals surface area (Å²) in [6, 6.07) is 75.3. The van der Waals surface area contributed by atoms with Crippen molar-refractivity contribution in [1.29, 1.82) is 0 Å². The maximum Gasteiger partial charge on any atom is 0.143 e. The van der Waals surface area contributed by atoms with Gasteiger partial charge in [0, 0.05) is 54.8 Å². The van der Waals surface area contributed by atoms with E-state index in [4.69, 9.17) is 8.83 Å². The van der Waals surface area contributed by atoms with Gasteiger partial charge in [0.25, 0.3) is 0 Å². The quantitative estimate of drug-likeness (QED) is 0.142. The molecular formula is C70H52N2O2. The molecule has 0 atom stereocenters. The number of para-hydroxylation sites is 6. The van der Waals surface area contributed by atoms with Gasteiger partial charge in [0.2, 0.25) is 0 Å². The highest BCUT2D eigenvalue weighted by Gasteiger charge is 2.27. The molecule has 0 saturated carbocycles. The molecule has 0 aliphatic rings. The van der Waals surface area contributed by atoms with Gasteiger partial charge in [0.05, 0.1) is 22.7 Å². The minimum absolute atomic E-state index is 0.897. The Labute approximate surface area is 430 Å². The molecule has 2 aromatic heterocycles. The van der Waals surface area contributed by atoms with E-state index in [0.29, 0.717) is 0 Å². The zero-order valence-electron chi connectivity index (χ0n) is 42.3. The second-order valence-corrected chi connectivity index (χ2v) is 20.3. The molecule has 0 saturated heterocycles. The first kappa shape index (κ1) is 43.7. The monoisotopic (exact) mass is 952 g/mol. The Morgan fingerprint density at radius 1 is 0.284 bits per heavy atom. The number of hydrogen-bond donors (Lipinski definition) is 0. The molecule has 0 bridgehead atoms. The Hall–Kier alpha value is -9.12. The third-order valence-electron chi connectivity index (χ3n) is 15.7. The van der Waals surface area contributed by atoms with Crippen LogP contribution >= 0.6 is 0 Å². The van der Waals surface area contributed by atoms with Gasteiger partial charge in [0.1, 0.15) is 22.3 Å². The summed E-state index contributed by atoms with van der Waals surface area (Å²) in [6.45, 7) is 13.5. The Balaban J connectivity index is 1.00. The van der Waals surface area contributed by atoms with Crippen molar-refractivity contribution in [3.63, 3.8) is 0 Å². The second-order valence-electron chi connectivity index (χ2n) is 20.3. The van der Waals surface area contributed by atoms with E-state index in [0.717, 1.165) is 88.9 Å². The summed E-state index contributed by atoms with van der Waals surface area (Å²) in [5, 5.41) is 11.9. The lowest BCUT2D eigenvalue weighted by atomic mass is 9.88. The third-order valence-corrected chi connectivity index (χ3v) is 15.7. The predicted molar refractivity (Wildman–Crippen MR) is 313 cm³/mol. The maximum absolute atomic E-state index is 6.62. The van der Waals surface area contributed by atoms with E-state index in [-0.39, 0.29) is 0 Å². The van der Waals surface area contributed by atoms with Gasteiger partial charge in [-0.05, 0) is 156 Å². The van der Waals surface area contributed by atoms with Crippen LogP contribution in [-0.4, -0.2) is 0 Å². The summed E-state index contributed by atoms with van der Waals surface area (Å²) >= 11 is 0. The molecule has 14 aromatic rings. The van der Waals surface area contributed by atoms with Gasteiger partial charge in [-0.1, -0.05) is 158 Å². The van der Waals surface area contributed by atoms with Crippen molar-refractivity contribution in [2.24, 2.45) is 0 Å². The molecule has 0 aliphatic carbocycles. The summed E-state index contributed by atoms with van der Waals surface area (Å²) in [4.78, 5) is 5.02. The lowest BCUT2D eigenvalue weighted by Crippen LogP contribution is -2.15. The fourth-order valence-electron chi connectivity index (χ4n) is 12.3. The molecule has 0 radical (unpaired) electrons. The predicted octanol–water partition coefficient (Wildman–Crippen LogP) is 20.5. The zero-order chi connectivity index (χ0) is 49.9. The van der Waals surface area contributed by atoms with E-state index in [2.05, 4.69) is 245 Å². The van der Waals surface area contributed by atoms with Crippen LogP contribution in [0.4, 0.5) is 34.1 Å². The van der Waals surface area contributed by atoms with Gasteiger partial charge in [0.15, 0.2) is 0 Å². The van der Waals surface area contributed by atoms with Gasteiger partial charge >= 0.3 is 0 Å². The van der Waals surface area contributed by atoms with E-state index < -0.39 is 0 Å². The Morgan fingerprint density at radius 2 is 0.649 bits per heavy atom. The van der Waals surface area contributed by atoms with Gasteiger partial charge in [-0.3, -0.25) is 0 Å². The molecule has 74 heavy (non-hydrogen) atoms. The van der Waals surface area contributed by atoms with Crippen LogP contribution in [0.3, 0.4) is 0 Å². The van der Waals surface area contributed by atoms with Gasteiger partial charge in [-0.15, -0.1) is 0 Å². The normalized spacial score (nSPS) is 11.9. The summed E-state index contributed by atoms with van der Waals surface area (Å²) in [5.74, 6) is 0. The van der Waals surface area contributed by atoms with Crippen molar-refractivity contribution >= 4 is 110 Å². The molecule has 0 aliphatic heterocycles. The highest BCUT2D eigenvalue weighted by atomic mass is 16.3. The summed E-state index contributed by atoms with van der Waals surface area (Å²) in [6.07, 6.45) is 0. The van der Waals surface area contributed by atoms with Crippen LogP contribution in [0.15, 0.2) is 215 Å². The van der Waals surface area contributed by atoms with Crippen molar-refractivity contribution in [3.05, 3.63) is 240 Å². The average Bonchev–Trinajstić information content (AvgIpc) is 4.00. The lowest BCUT2D eigenvalue weighted by Gasteiger charge is -2.32. The maximum atomic E-state index is 6.62. The molecule has 354 valence electrons. The molecule has 0 unspecified atom stereocenters. The minimum Gasteiger partial charge on any atom is -0.455 e.